The number of carbonyl (C=O) groups excluding carboxylic acids is 4. The summed E-state index contributed by atoms with van der Waals surface area (Å²) in [4.78, 5) is 59.1. The Morgan fingerprint density at radius 2 is 1.72 bits per heavy atom. The number of hydrogen-bond acceptors (Lipinski definition) is 8. The molecule has 2 bridgehead atoms. The Hall–Kier alpha value is -4.78. The summed E-state index contributed by atoms with van der Waals surface area (Å²) in [5, 5.41) is 16.5. The van der Waals surface area contributed by atoms with Gasteiger partial charge in [0.25, 0.3) is 0 Å². The second-order valence-electron chi connectivity index (χ2n) is 13.6. The summed E-state index contributed by atoms with van der Waals surface area (Å²) in [6, 6.07) is 13.8. The molecule has 0 unspecified atom stereocenters. The number of fused-ring (bicyclic) bond motifs is 14. The minimum atomic E-state index is -0.997. The van der Waals surface area contributed by atoms with E-state index in [4.69, 9.17) is 9.47 Å². The predicted octanol–water partition coefficient (Wildman–Crippen LogP) is 2.81. The number of ether oxygens (including phenoxy) is 2. The van der Waals surface area contributed by atoms with Crippen molar-refractivity contribution in [3.63, 3.8) is 0 Å². The summed E-state index contributed by atoms with van der Waals surface area (Å²) in [6.07, 6.45) is 1.14. The zero-order valence-electron chi connectivity index (χ0n) is 29.9. The largest absolute Gasteiger partial charge is 0.491 e. The van der Waals surface area contributed by atoms with Crippen molar-refractivity contribution in [3.8, 4) is 5.75 Å². The van der Waals surface area contributed by atoms with Crippen LogP contribution in [0.3, 0.4) is 0 Å². The van der Waals surface area contributed by atoms with Crippen molar-refractivity contribution in [2.75, 3.05) is 20.3 Å². The minimum Gasteiger partial charge on any atom is -0.491 e. The summed E-state index contributed by atoms with van der Waals surface area (Å²) < 4.78 is 12.7. The van der Waals surface area contributed by atoms with E-state index in [0.29, 0.717) is 29.7 Å². The molecule has 4 atom stereocenters. The van der Waals surface area contributed by atoms with Crippen LogP contribution in [0.1, 0.15) is 69.4 Å². The van der Waals surface area contributed by atoms with Crippen molar-refractivity contribution >= 4 is 23.6 Å². The molecule has 3 aromatic rings. The topological polar surface area (TPSA) is 166 Å². The molecule has 2 aliphatic heterocycles. The second-order valence-corrected chi connectivity index (χ2v) is 13.6. The van der Waals surface area contributed by atoms with Gasteiger partial charge in [0.2, 0.25) is 23.6 Å². The smallest absolute Gasteiger partial charge is 0.243 e. The van der Waals surface area contributed by atoms with Crippen LogP contribution in [0.2, 0.25) is 0 Å². The lowest BCUT2D eigenvalue weighted by molar-refractivity contribution is -0.132. The molecule has 4 N–H and O–H groups in total. The molecule has 2 aromatic carbocycles. The number of hydrogen-bond donors (Lipinski definition) is 4. The molecular formula is C37H51N7O6. The first-order valence-corrected chi connectivity index (χ1v) is 17.3. The lowest BCUT2D eigenvalue weighted by atomic mass is 10.00. The van der Waals surface area contributed by atoms with E-state index in [2.05, 4.69) is 45.2 Å². The summed E-state index contributed by atoms with van der Waals surface area (Å²) in [6.45, 7) is 10.1. The number of aryl methyl sites for hydroxylation is 1. The van der Waals surface area contributed by atoms with Crippen molar-refractivity contribution < 1.29 is 28.7 Å². The van der Waals surface area contributed by atoms with Crippen molar-refractivity contribution in [1.82, 2.24) is 36.0 Å². The van der Waals surface area contributed by atoms with Crippen LogP contribution in [0.4, 0.5) is 0 Å². The van der Waals surface area contributed by atoms with E-state index in [1.165, 1.54) is 11.8 Å². The number of carbonyl (C=O) groups is 4. The molecule has 4 amide bonds. The highest BCUT2D eigenvalue weighted by Gasteiger charge is 2.32. The fourth-order valence-corrected chi connectivity index (χ4v) is 5.90. The second kappa shape index (κ2) is 18.3. The van der Waals surface area contributed by atoms with Crippen LogP contribution in [-0.2, 0) is 43.3 Å². The van der Waals surface area contributed by atoms with Gasteiger partial charge >= 0.3 is 0 Å². The van der Waals surface area contributed by atoms with Crippen LogP contribution >= 0.6 is 0 Å². The highest BCUT2D eigenvalue weighted by atomic mass is 16.5. The predicted molar refractivity (Wildman–Crippen MR) is 188 cm³/mol. The number of amides is 4. The number of nitrogens with one attached hydrogen (secondary N) is 4. The lowest BCUT2D eigenvalue weighted by Gasteiger charge is -2.27. The average Bonchev–Trinajstić information content (AvgIpc) is 3.43. The molecule has 13 heteroatoms. The van der Waals surface area contributed by atoms with Gasteiger partial charge in [-0.3, -0.25) is 19.2 Å². The quantitative estimate of drug-likeness (QED) is 0.266. The molecule has 50 heavy (non-hydrogen) atoms. The van der Waals surface area contributed by atoms with Gasteiger partial charge in [-0.05, 0) is 48.4 Å². The first kappa shape index (κ1) is 38.0. The molecule has 2 aliphatic rings. The number of rotatable bonds is 9. The van der Waals surface area contributed by atoms with Crippen molar-refractivity contribution in [2.24, 2.45) is 11.8 Å². The molecule has 3 heterocycles. The van der Waals surface area contributed by atoms with Crippen LogP contribution in [-0.4, -0.2) is 76.8 Å². The van der Waals surface area contributed by atoms with Crippen molar-refractivity contribution in [3.05, 3.63) is 77.4 Å². The average molecular weight is 690 g/mol. The Morgan fingerprint density at radius 3 is 2.38 bits per heavy atom. The molecular weight excluding hydrogens is 638 g/mol. The first-order chi connectivity index (χ1) is 23.9. The van der Waals surface area contributed by atoms with Gasteiger partial charge in [-0.1, -0.05) is 70.2 Å². The SMILES string of the molecule is COCCC(=O)N[C@@H]1Cc2ccc(cc2)OC[C@H](CC(C)C)NC(=O)Cn2nc(C)nc2[C@H](C(C)C)NC(=O)[C@H](Cc2ccccc2)NC1=O. The molecule has 0 fully saturated rings. The molecule has 1 aromatic heterocycles. The van der Waals surface area contributed by atoms with Gasteiger partial charge in [0.1, 0.15) is 36.8 Å². The van der Waals surface area contributed by atoms with Gasteiger partial charge in [-0.25, -0.2) is 9.67 Å². The molecule has 0 aliphatic carbocycles. The van der Waals surface area contributed by atoms with Crippen LogP contribution < -0.4 is 26.0 Å². The van der Waals surface area contributed by atoms with E-state index in [1.54, 1.807) is 19.1 Å². The molecule has 0 radical (unpaired) electrons. The van der Waals surface area contributed by atoms with Gasteiger partial charge in [-0.15, -0.1) is 0 Å². The van der Waals surface area contributed by atoms with Crippen molar-refractivity contribution in [2.45, 2.75) is 91.0 Å². The minimum absolute atomic E-state index is 0.0746. The van der Waals surface area contributed by atoms with Gasteiger partial charge in [0, 0.05) is 26.4 Å². The summed E-state index contributed by atoms with van der Waals surface area (Å²) >= 11 is 0. The maximum Gasteiger partial charge on any atom is 0.243 e. The normalized spacial score (nSPS) is 20.8. The maximum atomic E-state index is 14.2. The van der Waals surface area contributed by atoms with Crippen molar-refractivity contribution in [1.29, 1.82) is 0 Å². The van der Waals surface area contributed by atoms with E-state index >= 15 is 0 Å². The Kier molecular flexibility index (Phi) is 13.9. The van der Waals surface area contributed by atoms with Gasteiger partial charge in [-0.2, -0.15) is 5.10 Å². The van der Waals surface area contributed by atoms with E-state index in [1.807, 2.05) is 56.3 Å². The molecule has 270 valence electrons. The zero-order valence-corrected chi connectivity index (χ0v) is 29.9. The summed E-state index contributed by atoms with van der Waals surface area (Å²) in [5.74, 6) is 0.0994. The molecule has 13 nitrogen and oxygen atoms in total. The van der Waals surface area contributed by atoms with E-state index in [0.717, 1.165) is 11.1 Å². The van der Waals surface area contributed by atoms with Crippen LogP contribution in [0.25, 0.3) is 0 Å². The lowest BCUT2D eigenvalue weighted by Crippen LogP contribution is -2.55. The third-order valence-electron chi connectivity index (χ3n) is 8.38. The monoisotopic (exact) mass is 689 g/mol. The number of aromatic nitrogens is 3. The van der Waals surface area contributed by atoms with E-state index < -0.39 is 29.9 Å². The number of methoxy groups -OCH3 is 1. The zero-order chi connectivity index (χ0) is 36.2. The highest BCUT2D eigenvalue weighted by molar-refractivity contribution is 5.92. The first-order valence-electron chi connectivity index (χ1n) is 17.3. The van der Waals surface area contributed by atoms with Crippen LogP contribution in [0, 0.1) is 18.8 Å². The molecule has 5 rings (SSSR count). The Bertz CT molecular complexity index is 1570. The van der Waals surface area contributed by atoms with Gasteiger partial charge < -0.3 is 30.7 Å². The summed E-state index contributed by atoms with van der Waals surface area (Å²) in [7, 11) is 1.50. The number of nitrogens with zero attached hydrogens (tertiary/aromatic N) is 3. The van der Waals surface area contributed by atoms with Crippen LogP contribution in [0.15, 0.2) is 54.6 Å². The molecule has 0 spiro atoms. The Morgan fingerprint density at radius 1 is 1.00 bits per heavy atom. The highest BCUT2D eigenvalue weighted by Crippen LogP contribution is 2.22. The number of benzene rings is 2. The summed E-state index contributed by atoms with van der Waals surface area (Å²) in [5.41, 5.74) is 1.62. The standard InChI is InChI=1S/C37H51N7O6/c1-23(2)18-28-22-50-29-14-12-27(13-15-29)20-30(40-32(45)16-17-49-6)36(47)41-31(19-26-10-8-7-9-11-26)37(48)42-34(24(3)4)35-38-25(5)43-44(35)21-33(46)39-28/h7-15,23-24,28,30-31,34H,16-22H2,1-6H3,(H,39,46)(H,40,45)(H,41,47)(H,42,48)/t28-,30+,31-,34-/m0/s1. The fourth-order valence-electron chi connectivity index (χ4n) is 5.90. The Labute approximate surface area is 294 Å². The Balaban J connectivity index is 1.74. The fraction of sp³-hybridized carbons (Fsp3) is 0.514. The molecule has 0 saturated heterocycles. The van der Waals surface area contributed by atoms with Crippen LogP contribution in [0.5, 0.6) is 5.75 Å². The molecule has 0 saturated carbocycles. The van der Waals surface area contributed by atoms with E-state index in [-0.39, 0.29) is 62.8 Å². The maximum absolute atomic E-state index is 14.2. The van der Waals surface area contributed by atoms with Gasteiger partial charge in [0.15, 0.2) is 5.82 Å². The third kappa shape index (κ3) is 11.4. The van der Waals surface area contributed by atoms with Gasteiger partial charge in [0.05, 0.1) is 18.7 Å². The third-order valence-corrected chi connectivity index (χ3v) is 8.38. The van der Waals surface area contributed by atoms with E-state index in [9.17, 15) is 19.2 Å².